The van der Waals surface area contributed by atoms with Crippen LogP contribution in [-0.2, 0) is 11.2 Å². The molecule has 3 amide bonds. The van der Waals surface area contributed by atoms with Crippen molar-refractivity contribution in [3.8, 4) is 0 Å². The molecule has 0 spiro atoms. The molecule has 7 nitrogen and oxygen atoms in total. The number of hydrogen-bond acceptors (Lipinski definition) is 4. The van der Waals surface area contributed by atoms with Crippen molar-refractivity contribution >= 4 is 22.8 Å². The molecule has 3 atom stereocenters. The molecule has 4 rings (SSSR count). The van der Waals surface area contributed by atoms with Crippen LogP contribution in [0.1, 0.15) is 36.8 Å². The Labute approximate surface area is 196 Å². The minimum atomic E-state index is -0.280. The van der Waals surface area contributed by atoms with E-state index in [1.165, 1.54) is 21.4 Å². The summed E-state index contributed by atoms with van der Waals surface area (Å²) in [7, 11) is 4.02. The van der Waals surface area contributed by atoms with Gasteiger partial charge in [0.1, 0.15) is 0 Å². The molecule has 178 valence electrons. The highest BCUT2D eigenvalue weighted by molar-refractivity contribution is 5.96. The lowest BCUT2D eigenvalue weighted by Gasteiger charge is -2.47. The molecule has 2 aliphatic rings. The lowest BCUT2D eigenvalue weighted by atomic mass is 9.72. The molecule has 33 heavy (non-hydrogen) atoms. The van der Waals surface area contributed by atoms with Crippen LogP contribution in [0.25, 0.3) is 10.9 Å². The van der Waals surface area contributed by atoms with Crippen LogP contribution < -0.4 is 5.32 Å². The SMILES string of the molecule is C=CCN1CC(C(=O)N(CC)C(=O)NCCCN(C)C)C[C@@H]2c3cccc4[nH]cc(c34)C[C@H]21. The van der Waals surface area contributed by atoms with E-state index in [9.17, 15) is 9.59 Å². The second-order valence-corrected chi connectivity index (χ2v) is 9.61. The Morgan fingerprint density at radius 1 is 1.33 bits per heavy atom. The van der Waals surface area contributed by atoms with Gasteiger partial charge in [-0.15, -0.1) is 6.58 Å². The maximum atomic E-state index is 13.6. The molecule has 0 saturated carbocycles. The predicted octanol–water partition coefficient (Wildman–Crippen LogP) is 3.19. The van der Waals surface area contributed by atoms with Gasteiger partial charge in [0.15, 0.2) is 0 Å². The number of benzene rings is 1. The molecule has 2 aromatic rings. The van der Waals surface area contributed by atoms with E-state index in [0.717, 1.165) is 37.9 Å². The van der Waals surface area contributed by atoms with Gasteiger partial charge >= 0.3 is 6.03 Å². The van der Waals surface area contributed by atoms with E-state index < -0.39 is 0 Å². The largest absolute Gasteiger partial charge is 0.361 e. The van der Waals surface area contributed by atoms with Crippen molar-refractivity contribution in [1.82, 2.24) is 25.0 Å². The number of hydrogen-bond donors (Lipinski definition) is 2. The molecular weight excluding hydrogens is 414 g/mol. The Balaban J connectivity index is 1.53. The minimum Gasteiger partial charge on any atom is -0.361 e. The van der Waals surface area contributed by atoms with Crippen molar-refractivity contribution in [3.63, 3.8) is 0 Å². The first-order chi connectivity index (χ1) is 15.9. The number of rotatable bonds is 8. The number of imide groups is 1. The molecule has 0 radical (unpaired) electrons. The fourth-order valence-electron chi connectivity index (χ4n) is 5.66. The van der Waals surface area contributed by atoms with Gasteiger partial charge in [0.2, 0.25) is 5.91 Å². The average Bonchev–Trinajstić information content (AvgIpc) is 3.22. The third kappa shape index (κ3) is 4.70. The summed E-state index contributed by atoms with van der Waals surface area (Å²) in [4.78, 5) is 35.7. The highest BCUT2D eigenvalue weighted by atomic mass is 16.2. The summed E-state index contributed by atoms with van der Waals surface area (Å²) in [6, 6.07) is 6.50. The molecule has 1 fully saturated rings. The minimum absolute atomic E-state index is 0.0674. The van der Waals surface area contributed by atoms with Gasteiger partial charge in [-0.3, -0.25) is 14.6 Å². The van der Waals surface area contributed by atoms with Gasteiger partial charge in [-0.25, -0.2) is 4.79 Å². The number of carbonyl (C=O) groups excluding carboxylic acids is 2. The van der Waals surface area contributed by atoms with Gasteiger partial charge in [-0.2, -0.15) is 0 Å². The highest BCUT2D eigenvalue weighted by Crippen LogP contribution is 2.45. The quantitative estimate of drug-likeness (QED) is 0.478. The fraction of sp³-hybridized carbons (Fsp3) is 0.538. The number of H-pyrrole nitrogens is 1. The maximum Gasteiger partial charge on any atom is 0.324 e. The lowest BCUT2D eigenvalue weighted by Crippen LogP contribution is -2.55. The summed E-state index contributed by atoms with van der Waals surface area (Å²) in [5, 5.41) is 4.25. The Morgan fingerprint density at radius 2 is 2.15 bits per heavy atom. The molecule has 1 aliphatic carbocycles. The van der Waals surface area contributed by atoms with E-state index in [4.69, 9.17) is 0 Å². The number of carbonyl (C=O) groups is 2. The van der Waals surface area contributed by atoms with Crippen LogP contribution >= 0.6 is 0 Å². The summed E-state index contributed by atoms with van der Waals surface area (Å²) in [6.07, 6.45) is 6.65. The van der Waals surface area contributed by atoms with E-state index in [1.807, 2.05) is 27.1 Å². The molecule has 2 heterocycles. The first-order valence-corrected chi connectivity index (χ1v) is 12.1. The molecule has 1 aliphatic heterocycles. The Hall–Kier alpha value is -2.64. The van der Waals surface area contributed by atoms with Gasteiger partial charge in [0.05, 0.1) is 5.92 Å². The number of nitrogens with zero attached hydrogens (tertiary/aromatic N) is 3. The van der Waals surface area contributed by atoms with Crippen LogP contribution in [0.5, 0.6) is 0 Å². The topological polar surface area (TPSA) is 71.7 Å². The number of piperidine rings is 1. The lowest BCUT2D eigenvalue weighted by molar-refractivity contribution is -0.135. The van der Waals surface area contributed by atoms with Crippen LogP contribution in [0, 0.1) is 5.92 Å². The van der Waals surface area contributed by atoms with Crippen molar-refractivity contribution in [2.75, 3.05) is 46.8 Å². The van der Waals surface area contributed by atoms with Crippen LogP contribution in [0.4, 0.5) is 4.79 Å². The first kappa shape index (κ1) is 23.5. The van der Waals surface area contributed by atoms with E-state index in [1.54, 1.807) is 0 Å². The zero-order valence-electron chi connectivity index (χ0n) is 20.1. The second kappa shape index (κ2) is 10.1. The summed E-state index contributed by atoms with van der Waals surface area (Å²) >= 11 is 0. The molecule has 1 aromatic heterocycles. The Kier molecular flexibility index (Phi) is 7.20. The zero-order chi connectivity index (χ0) is 23.5. The number of fused-ring (bicyclic) bond motifs is 2. The standard InChI is InChI=1S/C26H37N5O2/c1-5-12-30-17-19(25(32)31(6-2)26(33)27-11-8-13-29(3)4)14-21-20-9-7-10-22-24(20)18(16-28-22)15-23(21)30/h5,7,9-10,16,19,21,23,28H,1,6,8,11-15,17H2,2-4H3,(H,27,33)/t19?,21-,23-/m1/s1. The van der Waals surface area contributed by atoms with Crippen LogP contribution in [0.2, 0.25) is 0 Å². The van der Waals surface area contributed by atoms with Crippen molar-refractivity contribution in [2.45, 2.75) is 38.1 Å². The summed E-state index contributed by atoms with van der Waals surface area (Å²) < 4.78 is 0. The molecule has 2 N–H and O–H groups in total. The highest BCUT2D eigenvalue weighted by Gasteiger charge is 2.43. The second-order valence-electron chi connectivity index (χ2n) is 9.61. The monoisotopic (exact) mass is 451 g/mol. The number of nitrogens with one attached hydrogen (secondary N) is 2. The van der Waals surface area contributed by atoms with Crippen molar-refractivity contribution in [1.29, 1.82) is 0 Å². The van der Waals surface area contributed by atoms with Crippen molar-refractivity contribution < 1.29 is 9.59 Å². The third-order valence-corrected chi connectivity index (χ3v) is 7.17. The van der Waals surface area contributed by atoms with Gasteiger partial charge in [-0.05, 0) is 64.0 Å². The molecule has 1 saturated heterocycles. The fourth-order valence-corrected chi connectivity index (χ4v) is 5.66. The van der Waals surface area contributed by atoms with E-state index in [-0.39, 0.29) is 23.8 Å². The Bertz CT molecular complexity index is 1010. The number of urea groups is 1. The van der Waals surface area contributed by atoms with Gasteiger partial charge in [0.25, 0.3) is 0 Å². The zero-order valence-corrected chi connectivity index (χ0v) is 20.1. The number of likely N-dealkylation sites (tertiary alicyclic amines) is 1. The first-order valence-electron chi connectivity index (χ1n) is 12.1. The van der Waals surface area contributed by atoms with Crippen molar-refractivity contribution in [2.24, 2.45) is 5.92 Å². The summed E-state index contributed by atoms with van der Waals surface area (Å²) in [6.45, 7) is 9.07. The van der Waals surface area contributed by atoms with E-state index in [0.29, 0.717) is 25.7 Å². The normalized spacial score (nSPS) is 22.2. The molecule has 1 unspecified atom stereocenters. The van der Waals surface area contributed by atoms with Crippen molar-refractivity contribution in [3.05, 3.63) is 48.2 Å². The van der Waals surface area contributed by atoms with Gasteiger partial charge in [-0.1, -0.05) is 18.2 Å². The third-order valence-electron chi connectivity index (χ3n) is 7.17. The molecular formula is C26H37N5O2. The summed E-state index contributed by atoms with van der Waals surface area (Å²) in [5.74, 6) is -0.0157. The van der Waals surface area contributed by atoms with Crippen LogP contribution in [0.3, 0.4) is 0 Å². The molecule has 7 heteroatoms. The Morgan fingerprint density at radius 3 is 2.88 bits per heavy atom. The van der Waals surface area contributed by atoms with E-state index >= 15 is 0 Å². The van der Waals surface area contributed by atoms with Crippen LogP contribution in [-0.4, -0.2) is 84.5 Å². The molecule has 1 aromatic carbocycles. The predicted molar refractivity (Wildman–Crippen MR) is 132 cm³/mol. The number of amides is 3. The summed E-state index contributed by atoms with van der Waals surface area (Å²) in [5.41, 5.74) is 3.84. The number of aromatic amines is 1. The smallest absolute Gasteiger partial charge is 0.324 e. The van der Waals surface area contributed by atoms with Gasteiger partial charge in [0, 0.05) is 55.2 Å². The van der Waals surface area contributed by atoms with Crippen LogP contribution in [0.15, 0.2) is 37.1 Å². The number of aromatic nitrogens is 1. The maximum absolute atomic E-state index is 13.6. The average molecular weight is 452 g/mol. The van der Waals surface area contributed by atoms with Gasteiger partial charge < -0.3 is 15.2 Å². The molecule has 0 bridgehead atoms. The van der Waals surface area contributed by atoms with E-state index in [2.05, 4.69) is 51.1 Å².